The fourth-order valence-corrected chi connectivity index (χ4v) is 2.93. The summed E-state index contributed by atoms with van der Waals surface area (Å²) >= 11 is 0. The molecule has 1 amide bonds. The number of aromatic nitrogens is 2. The number of aryl methyl sites for hydroxylation is 1. The van der Waals surface area contributed by atoms with Crippen LogP contribution in [0, 0.1) is 6.92 Å². The molecule has 0 N–H and O–H groups in total. The predicted octanol–water partition coefficient (Wildman–Crippen LogP) is 4.27. The van der Waals surface area contributed by atoms with Gasteiger partial charge in [-0.2, -0.15) is 0 Å². The third kappa shape index (κ3) is 3.45. The Morgan fingerprint density at radius 3 is 2.48 bits per heavy atom. The van der Waals surface area contributed by atoms with E-state index in [1.165, 1.54) is 0 Å². The van der Waals surface area contributed by atoms with Gasteiger partial charge in [0.15, 0.2) is 5.69 Å². The number of carbonyl (C=O) groups excluding carboxylic acids is 1. The van der Waals surface area contributed by atoms with Crippen LogP contribution in [0.1, 0.15) is 41.2 Å². The maximum atomic E-state index is 13.0. The molecule has 1 atom stereocenters. The maximum absolute atomic E-state index is 13.0. The standard InChI is InChI=1S/C20H21N3O2/c1-4-17(15-10-12-21-13-11-15)23(3)20(24)18-14(2)25-19(22-18)16-8-6-5-7-9-16/h5-13,17H,4H2,1-3H3/t17-/m1/s1. The molecule has 0 spiro atoms. The number of amides is 1. The quantitative estimate of drug-likeness (QED) is 0.699. The van der Waals surface area contributed by atoms with Crippen LogP contribution in [0.4, 0.5) is 0 Å². The molecule has 0 aliphatic rings. The third-order valence-electron chi connectivity index (χ3n) is 4.29. The van der Waals surface area contributed by atoms with Crippen molar-refractivity contribution in [2.75, 3.05) is 7.05 Å². The number of oxazole rings is 1. The first-order valence-electron chi connectivity index (χ1n) is 8.31. The molecule has 0 radical (unpaired) electrons. The zero-order valence-electron chi connectivity index (χ0n) is 14.6. The third-order valence-corrected chi connectivity index (χ3v) is 4.29. The number of carbonyl (C=O) groups is 1. The molecule has 3 rings (SSSR count). The molecule has 0 saturated heterocycles. The van der Waals surface area contributed by atoms with Crippen molar-refractivity contribution < 1.29 is 9.21 Å². The largest absolute Gasteiger partial charge is 0.441 e. The lowest BCUT2D eigenvalue weighted by molar-refractivity contribution is 0.0719. The highest BCUT2D eigenvalue weighted by Gasteiger charge is 2.26. The Balaban J connectivity index is 1.89. The van der Waals surface area contributed by atoms with Crippen LogP contribution in [0.25, 0.3) is 11.5 Å². The molecular weight excluding hydrogens is 314 g/mol. The summed E-state index contributed by atoms with van der Waals surface area (Å²) in [4.78, 5) is 23.2. The number of hydrogen-bond donors (Lipinski definition) is 0. The van der Waals surface area contributed by atoms with Gasteiger partial charge >= 0.3 is 0 Å². The summed E-state index contributed by atoms with van der Waals surface area (Å²) in [7, 11) is 1.80. The fourth-order valence-electron chi connectivity index (χ4n) is 2.93. The molecular formula is C20H21N3O2. The molecule has 5 nitrogen and oxygen atoms in total. The van der Waals surface area contributed by atoms with Gasteiger partial charge in [-0.25, -0.2) is 4.98 Å². The van der Waals surface area contributed by atoms with Crippen LogP contribution in [0.2, 0.25) is 0 Å². The number of hydrogen-bond acceptors (Lipinski definition) is 4. The van der Waals surface area contributed by atoms with Crippen molar-refractivity contribution >= 4 is 5.91 Å². The number of pyridine rings is 1. The number of rotatable bonds is 5. The van der Waals surface area contributed by atoms with Crippen molar-refractivity contribution in [2.24, 2.45) is 0 Å². The molecule has 3 aromatic rings. The Morgan fingerprint density at radius 1 is 1.16 bits per heavy atom. The van der Waals surface area contributed by atoms with E-state index in [0.29, 0.717) is 17.3 Å². The summed E-state index contributed by atoms with van der Waals surface area (Å²) < 4.78 is 5.72. The van der Waals surface area contributed by atoms with Crippen molar-refractivity contribution in [1.82, 2.24) is 14.9 Å². The minimum Gasteiger partial charge on any atom is -0.441 e. The second kappa shape index (κ2) is 7.30. The fraction of sp³-hybridized carbons (Fsp3) is 0.250. The molecule has 0 aliphatic carbocycles. The SMILES string of the molecule is CC[C@H](c1ccncc1)N(C)C(=O)c1nc(-c2ccccc2)oc1C. The van der Waals surface area contributed by atoms with E-state index in [4.69, 9.17) is 4.42 Å². The first-order chi connectivity index (χ1) is 12.1. The minimum absolute atomic E-state index is 0.0354. The second-order valence-corrected chi connectivity index (χ2v) is 5.91. The highest BCUT2D eigenvalue weighted by atomic mass is 16.4. The monoisotopic (exact) mass is 335 g/mol. The Labute approximate surface area is 147 Å². The summed E-state index contributed by atoms with van der Waals surface area (Å²) in [6.07, 6.45) is 4.28. The molecule has 25 heavy (non-hydrogen) atoms. The number of nitrogens with zero attached hydrogens (tertiary/aromatic N) is 3. The lowest BCUT2D eigenvalue weighted by Crippen LogP contribution is -2.31. The van der Waals surface area contributed by atoms with Gasteiger partial charge in [-0.1, -0.05) is 25.1 Å². The average molecular weight is 335 g/mol. The van der Waals surface area contributed by atoms with Gasteiger partial charge in [0.1, 0.15) is 5.76 Å². The summed E-state index contributed by atoms with van der Waals surface area (Å²) in [5.41, 5.74) is 2.26. The first-order valence-corrected chi connectivity index (χ1v) is 8.31. The van der Waals surface area contributed by atoms with E-state index in [1.54, 1.807) is 31.3 Å². The average Bonchev–Trinajstić information content (AvgIpc) is 3.05. The highest BCUT2D eigenvalue weighted by Crippen LogP contribution is 2.27. The predicted molar refractivity (Wildman–Crippen MR) is 96.0 cm³/mol. The second-order valence-electron chi connectivity index (χ2n) is 5.91. The molecule has 2 heterocycles. The van der Waals surface area contributed by atoms with E-state index in [9.17, 15) is 4.79 Å². The lowest BCUT2D eigenvalue weighted by Gasteiger charge is -2.27. The van der Waals surface area contributed by atoms with Crippen molar-refractivity contribution in [3.8, 4) is 11.5 Å². The van der Waals surface area contributed by atoms with Gasteiger partial charge in [-0.3, -0.25) is 9.78 Å². The first kappa shape index (κ1) is 16.9. The molecule has 0 fully saturated rings. The number of benzene rings is 1. The highest BCUT2D eigenvalue weighted by molar-refractivity contribution is 5.93. The Hall–Kier alpha value is -2.95. The van der Waals surface area contributed by atoms with Gasteiger partial charge in [0, 0.05) is 25.0 Å². The van der Waals surface area contributed by atoms with E-state index in [-0.39, 0.29) is 11.9 Å². The van der Waals surface area contributed by atoms with Crippen LogP contribution in [-0.4, -0.2) is 27.8 Å². The molecule has 0 bridgehead atoms. The van der Waals surface area contributed by atoms with Crippen molar-refractivity contribution in [3.63, 3.8) is 0 Å². The smallest absolute Gasteiger partial charge is 0.276 e. The van der Waals surface area contributed by atoms with Crippen LogP contribution in [0.15, 0.2) is 59.3 Å². The van der Waals surface area contributed by atoms with E-state index in [0.717, 1.165) is 17.5 Å². The van der Waals surface area contributed by atoms with E-state index in [2.05, 4.69) is 16.9 Å². The van der Waals surface area contributed by atoms with Crippen molar-refractivity contribution in [1.29, 1.82) is 0 Å². The van der Waals surface area contributed by atoms with Crippen molar-refractivity contribution in [2.45, 2.75) is 26.3 Å². The van der Waals surface area contributed by atoms with E-state index < -0.39 is 0 Å². The molecule has 0 saturated carbocycles. The van der Waals surface area contributed by atoms with Crippen molar-refractivity contribution in [3.05, 3.63) is 71.9 Å². The molecule has 2 aromatic heterocycles. The molecule has 1 aromatic carbocycles. The summed E-state index contributed by atoms with van der Waals surface area (Å²) in [5.74, 6) is 0.846. The van der Waals surface area contributed by atoms with Gasteiger partial charge in [0.25, 0.3) is 5.91 Å². The molecule has 5 heteroatoms. The molecule has 0 aliphatic heterocycles. The van der Waals surface area contributed by atoms with Gasteiger partial charge in [0.05, 0.1) is 6.04 Å². The Bertz CT molecular complexity index is 844. The van der Waals surface area contributed by atoms with Crippen LogP contribution in [-0.2, 0) is 0 Å². The zero-order valence-corrected chi connectivity index (χ0v) is 14.6. The molecule has 0 unspecified atom stereocenters. The van der Waals surface area contributed by atoms with E-state index in [1.807, 2.05) is 42.5 Å². The van der Waals surface area contributed by atoms with Gasteiger partial charge in [-0.05, 0) is 43.2 Å². The summed E-state index contributed by atoms with van der Waals surface area (Å²) in [5, 5.41) is 0. The maximum Gasteiger partial charge on any atom is 0.276 e. The Morgan fingerprint density at radius 2 is 1.84 bits per heavy atom. The van der Waals surface area contributed by atoms with Crippen LogP contribution in [0.5, 0.6) is 0 Å². The molecule has 128 valence electrons. The van der Waals surface area contributed by atoms with Crippen LogP contribution < -0.4 is 0 Å². The van der Waals surface area contributed by atoms with Gasteiger partial charge in [-0.15, -0.1) is 0 Å². The minimum atomic E-state index is -0.146. The Kier molecular flexibility index (Phi) is 4.93. The normalized spacial score (nSPS) is 12.0. The zero-order chi connectivity index (χ0) is 17.8. The van der Waals surface area contributed by atoms with Gasteiger partial charge < -0.3 is 9.32 Å². The van der Waals surface area contributed by atoms with Gasteiger partial charge in [0.2, 0.25) is 5.89 Å². The van der Waals surface area contributed by atoms with Crippen LogP contribution >= 0.6 is 0 Å². The summed E-state index contributed by atoms with van der Waals surface area (Å²) in [6, 6.07) is 13.4. The lowest BCUT2D eigenvalue weighted by atomic mass is 10.0. The van der Waals surface area contributed by atoms with Crippen LogP contribution in [0.3, 0.4) is 0 Å². The summed E-state index contributed by atoms with van der Waals surface area (Å²) in [6.45, 7) is 3.83. The van der Waals surface area contributed by atoms with E-state index >= 15 is 0 Å². The topological polar surface area (TPSA) is 59.2 Å².